The van der Waals surface area contributed by atoms with Gasteiger partial charge in [-0.2, -0.15) is 0 Å². The van der Waals surface area contributed by atoms with Crippen LogP contribution in [0.3, 0.4) is 0 Å². The predicted molar refractivity (Wildman–Crippen MR) is 140 cm³/mol. The van der Waals surface area contributed by atoms with Crippen molar-refractivity contribution in [3.63, 3.8) is 0 Å². The Kier molecular flexibility index (Phi) is 8.59. The van der Waals surface area contributed by atoms with E-state index in [-0.39, 0.29) is 17.4 Å². The average molecular weight is 465 g/mol. The highest BCUT2D eigenvalue weighted by molar-refractivity contribution is 6.25. The zero-order valence-corrected chi connectivity index (χ0v) is 21.7. The lowest BCUT2D eigenvalue weighted by Gasteiger charge is -2.27. The molecular weight excluding hydrogens is 424 g/mol. The molecule has 1 aromatic carbocycles. The quantitative estimate of drug-likeness (QED) is 0.325. The molecular formula is C28H40N4O2. The van der Waals surface area contributed by atoms with E-state index in [4.69, 9.17) is 0 Å². The summed E-state index contributed by atoms with van der Waals surface area (Å²) in [6.45, 7) is 15.7. The van der Waals surface area contributed by atoms with Crippen LogP contribution in [0.15, 0.2) is 35.9 Å². The Morgan fingerprint density at radius 1 is 0.824 bits per heavy atom. The van der Waals surface area contributed by atoms with Crippen LogP contribution in [0.25, 0.3) is 11.8 Å². The Hall–Kier alpha value is -3.02. The molecule has 1 aliphatic rings. The summed E-state index contributed by atoms with van der Waals surface area (Å²) in [6.07, 6.45) is 5.51. The monoisotopic (exact) mass is 464 g/mol. The van der Waals surface area contributed by atoms with Gasteiger partial charge in [-0.05, 0) is 82.5 Å². The Morgan fingerprint density at radius 3 is 1.82 bits per heavy atom. The first kappa shape index (κ1) is 25.6. The van der Waals surface area contributed by atoms with Crippen molar-refractivity contribution in [2.45, 2.75) is 67.2 Å². The molecule has 1 aromatic heterocycles. The Balaban J connectivity index is 1.94. The molecule has 1 saturated heterocycles. The van der Waals surface area contributed by atoms with Gasteiger partial charge in [-0.25, -0.2) is 10.0 Å². The molecule has 0 atom stereocenters. The van der Waals surface area contributed by atoms with E-state index in [9.17, 15) is 9.59 Å². The van der Waals surface area contributed by atoms with Gasteiger partial charge in [-0.1, -0.05) is 26.7 Å². The molecule has 3 rings (SSSR count). The molecule has 0 saturated carbocycles. The van der Waals surface area contributed by atoms with Crippen LogP contribution in [0.1, 0.15) is 70.3 Å². The second-order valence-corrected chi connectivity index (χ2v) is 8.97. The van der Waals surface area contributed by atoms with Crippen LogP contribution < -0.4 is 4.90 Å². The molecule has 2 amide bonds. The maximum Gasteiger partial charge on any atom is 0.278 e. The van der Waals surface area contributed by atoms with E-state index in [1.807, 2.05) is 6.92 Å². The van der Waals surface area contributed by atoms with Crippen LogP contribution in [0, 0.1) is 13.8 Å². The van der Waals surface area contributed by atoms with Crippen molar-refractivity contribution in [3.05, 3.63) is 52.9 Å². The summed E-state index contributed by atoms with van der Waals surface area (Å²) in [5.41, 5.74) is 5.56. The van der Waals surface area contributed by atoms with Gasteiger partial charge in [0.1, 0.15) is 5.57 Å². The minimum Gasteiger partial charge on any atom is -0.372 e. The molecule has 0 radical (unpaired) electrons. The highest BCUT2D eigenvalue weighted by Crippen LogP contribution is 2.28. The number of aryl methyl sites for hydroxylation is 1. The fraction of sp³-hybridized carbons (Fsp3) is 0.500. The number of aromatic nitrogens is 1. The third-order valence-corrected chi connectivity index (χ3v) is 6.67. The molecule has 34 heavy (non-hydrogen) atoms. The smallest absolute Gasteiger partial charge is 0.278 e. The lowest BCUT2D eigenvalue weighted by atomic mass is 10.1. The van der Waals surface area contributed by atoms with Crippen LogP contribution in [-0.4, -0.2) is 52.6 Å². The van der Waals surface area contributed by atoms with Gasteiger partial charge in [-0.3, -0.25) is 9.59 Å². The van der Waals surface area contributed by atoms with E-state index < -0.39 is 0 Å². The molecule has 0 unspecified atom stereocenters. The minimum atomic E-state index is -0.178. The van der Waals surface area contributed by atoms with E-state index in [2.05, 4.69) is 74.4 Å². The topological polar surface area (TPSA) is 48.8 Å². The number of hydrogen-bond acceptors (Lipinski definition) is 3. The normalized spacial score (nSPS) is 13.9. The molecule has 2 heterocycles. The number of carbonyl (C=O) groups excluding carboxylic acids is 2. The van der Waals surface area contributed by atoms with Gasteiger partial charge in [0.15, 0.2) is 0 Å². The molecule has 184 valence electrons. The molecule has 0 bridgehead atoms. The number of hydrogen-bond donors (Lipinski definition) is 0. The van der Waals surface area contributed by atoms with Gasteiger partial charge >= 0.3 is 0 Å². The highest BCUT2D eigenvalue weighted by atomic mass is 16.2. The number of amides is 2. The van der Waals surface area contributed by atoms with E-state index in [0.717, 1.165) is 61.4 Å². The number of anilines is 1. The molecule has 0 spiro atoms. The molecule has 2 aromatic rings. The zero-order chi connectivity index (χ0) is 24.8. The average Bonchev–Trinajstić information content (AvgIpc) is 3.24. The molecule has 0 N–H and O–H groups in total. The number of rotatable bonds is 11. The SMILES string of the molecule is CCCCN1C(=O)C(=Cc2cc(C)n(-c3ccc(N(CC)CC)cc3)c2C)C(=O)N1CCCC. The highest BCUT2D eigenvalue weighted by Gasteiger charge is 2.40. The number of hydrazine groups is 1. The maximum absolute atomic E-state index is 13.2. The molecule has 6 heteroatoms. The summed E-state index contributed by atoms with van der Waals surface area (Å²) < 4.78 is 2.19. The molecule has 1 fully saturated rings. The van der Waals surface area contributed by atoms with Gasteiger partial charge in [-0.15, -0.1) is 0 Å². The number of carbonyl (C=O) groups is 2. The predicted octanol–water partition coefficient (Wildman–Crippen LogP) is 5.51. The third kappa shape index (κ3) is 5.06. The zero-order valence-electron chi connectivity index (χ0n) is 21.7. The van der Waals surface area contributed by atoms with Crippen LogP contribution in [0.5, 0.6) is 0 Å². The van der Waals surface area contributed by atoms with E-state index in [0.29, 0.717) is 13.1 Å². The standard InChI is InChI=1S/C28H40N4O2/c1-7-11-17-30-27(33)26(28(34)31(30)18-12-8-2)20-23-19-21(5)32(22(23)6)25-15-13-24(14-16-25)29(9-3)10-4/h13-16,19-20H,7-12,17-18H2,1-6H3. The summed E-state index contributed by atoms with van der Waals surface area (Å²) in [5, 5.41) is 3.30. The van der Waals surface area contributed by atoms with Gasteiger partial charge in [0.2, 0.25) is 0 Å². The number of nitrogens with zero attached hydrogens (tertiary/aromatic N) is 4. The van der Waals surface area contributed by atoms with Crippen molar-refractivity contribution in [3.8, 4) is 5.69 Å². The van der Waals surface area contributed by atoms with Crippen molar-refractivity contribution in [1.29, 1.82) is 0 Å². The molecule has 6 nitrogen and oxygen atoms in total. The van der Waals surface area contributed by atoms with Crippen molar-refractivity contribution in [2.75, 3.05) is 31.1 Å². The molecule has 0 aliphatic carbocycles. The first-order valence-corrected chi connectivity index (χ1v) is 12.8. The summed E-state index contributed by atoms with van der Waals surface area (Å²) in [6, 6.07) is 10.6. The lowest BCUT2D eigenvalue weighted by Crippen LogP contribution is -2.42. The fourth-order valence-electron chi connectivity index (χ4n) is 4.66. The van der Waals surface area contributed by atoms with Crippen LogP contribution in [-0.2, 0) is 9.59 Å². The Labute approximate surface area is 204 Å². The summed E-state index contributed by atoms with van der Waals surface area (Å²) in [7, 11) is 0. The first-order chi connectivity index (χ1) is 16.4. The van der Waals surface area contributed by atoms with E-state index in [1.165, 1.54) is 5.69 Å². The first-order valence-electron chi connectivity index (χ1n) is 12.8. The number of unbranched alkanes of at least 4 members (excludes halogenated alkanes) is 2. The van der Waals surface area contributed by atoms with Crippen molar-refractivity contribution >= 4 is 23.6 Å². The summed E-state index contributed by atoms with van der Waals surface area (Å²) >= 11 is 0. The van der Waals surface area contributed by atoms with Crippen LogP contribution in [0.2, 0.25) is 0 Å². The third-order valence-electron chi connectivity index (χ3n) is 6.67. The fourth-order valence-corrected chi connectivity index (χ4v) is 4.66. The van der Waals surface area contributed by atoms with E-state index in [1.54, 1.807) is 16.1 Å². The van der Waals surface area contributed by atoms with Crippen LogP contribution >= 0.6 is 0 Å². The molecule has 1 aliphatic heterocycles. The van der Waals surface area contributed by atoms with Gasteiger partial charge < -0.3 is 9.47 Å². The van der Waals surface area contributed by atoms with Gasteiger partial charge in [0.05, 0.1) is 0 Å². The number of benzene rings is 1. The van der Waals surface area contributed by atoms with Crippen molar-refractivity contribution < 1.29 is 9.59 Å². The van der Waals surface area contributed by atoms with Gasteiger partial charge in [0.25, 0.3) is 11.8 Å². The Bertz CT molecular complexity index is 1000. The second kappa shape index (κ2) is 11.4. The van der Waals surface area contributed by atoms with E-state index >= 15 is 0 Å². The second-order valence-electron chi connectivity index (χ2n) is 8.97. The summed E-state index contributed by atoms with van der Waals surface area (Å²) in [5.74, 6) is -0.356. The van der Waals surface area contributed by atoms with Crippen molar-refractivity contribution in [2.24, 2.45) is 0 Å². The van der Waals surface area contributed by atoms with Crippen LogP contribution in [0.4, 0.5) is 5.69 Å². The maximum atomic E-state index is 13.2. The lowest BCUT2D eigenvalue weighted by molar-refractivity contribution is -0.147. The minimum absolute atomic E-state index is 0.178. The summed E-state index contributed by atoms with van der Waals surface area (Å²) in [4.78, 5) is 28.7. The van der Waals surface area contributed by atoms with Gasteiger partial charge in [0, 0.05) is 48.9 Å². The van der Waals surface area contributed by atoms with Crippen molar-refractivity contribution in [1.82, 2.24) is 14.6 Å². The Morgan fingerprint density at radius 2 is 1.35 bits per heavy atom. The largest absolute Gasteiger partial charge is 0.372 e.